The van der Waals surface area contributed by atoms with E-state index in [-0.39, 0.29) is 34.7 Å². The molecule has 2 unspecified atom stereocenters. The minimum absolute atomic E-state index is 0.0647. The molecule has 3 heterocycles. The topological polar surface area (TPSA) is 98.8 Å². The lowest BCUT2D eigenvalue weighted by Gasteiger charge is -2.27. The molecule has 0 aromatic rings. The van der Waals surface area contributed by atoms with Crippen LogP contribution in [0.15, 0.2) is 0 Å². The van der Waals surface area contributed by atoms with Crippen LogP contribution in [0, 0.1) is 0 Å². The van der Waals surface area contributed by atoms with Crippen molar-refractivity contribution < 1.29 is 19.2 Å². The first kappa shape index (κ1) is 21.6. The maximum absolute atomic E-state index is 12.7. The summed E-state index contributed by atoms with van der Waals surface area (Å²) in [6, 6.07) is 0. The molecule has 0 aliphatic carbocycles. The Morgan fingerprint density at radius 3 is 1.55 bits per heavy atom. The van der Waals surface area contributed by atoms with Crippen molar-refractivity contribution in [1.29, 1.82) is 0 Å². The molecule has 3 fully saturated rings. The van der Waals surface area contributed by atoms with Gasteiger partial charge in [-0.3, -0.25) is 19.2 Å². The maximum Gasteiger partial charge on any atom is 0.222 e. The number of rotatable bonds is 6. The Hall–Kier alpha value is -2.12. The molecule has 3 aliphatic rings. The van der Waals surface area contributed by atoms with E-state index in [0.717, 1.165) is 19.3 Å². The standard InChI is InChI=1S/C21H34N4O4/c1-20(8-4-16(26)22-20)10-6-18(28)24-12-3-13-25(15-14-24)19(29)7-11-21(2)9-5-17(27)23-21/h3-15H2,1-2H3,(H,22,26)(H,23,27). The molecule has 0 aromatic heterocycles. The third-order valence-corrected chi connectivity index (χ3v) is 6.67. The summed E-state index contributed by atoms with van der Waals surface area (Å²) < 4.78 is 0. The molecule has 3 aliphatic heterocycles. The highest BCUT2D eigenvalue weighted by Crippen LogP contribution is 2.26. The Morgan fingerprint density at radius 2 is 1.21 bits per heavy atom. The van der Waals surface area contributed by atoms with Crippen molar-refractivity contribution in [2.24, 2.45) is 0 Å². The minimum atomic E-state index is -0.271. The van der Waals surface area contributed by atoms with Crippen LogP contribution >= 0.6 is 0 Å². The molecule has 0 aromatic carbocycles. The smallest absolute Gasteiger partial charge is 0.222 e. The van der Waals surface area contributed by atoms with Gasteiger partial charge in [0, 0.05) is 62.9 Å². The third kappa shape index (κ3) is 5.70. The van der Waals surface area contributed by atoms with Crippen LogP contribution in [0.25, 0.3) is 0 Å². The quantitative estimate of drug-likeness (QED) is 0.686. The molecule has 162 valence electrons. The number of nitrogens with zero attached hydrogens (tertiary/aromatic N) is 2. The molecule has 4 amide bonds. The number of hydrogen-bond acceptors (Lipinski definition) is 4. The first-order valence-corrected chi connectivity index (χ1v) is 10.9. The minimum Gasteiger partial charge on any atom is -0.351 e. The Kier molecular flexibility index (Phi) is 6.49. The SMILES string of the molecule is CC1(CCC(=O)N2CCCN(C(=O)CCC3(C)CCC(=O)N3)CC2)CCC(=O)N1. The highest BCUT2D eigenvalue weighted by Gasteiger charge is 2.35. The molecular formula is C21H34N4O4. The van der Waals surface area contributed by atoms with Crippen molar-refractivity contribution >= 4 is 23.6 Å². The first-order chi connectivity index (χ1) is 13.7. The van der Waals surface area contributed by atoms with Crippen molar-refractivity contribution in [3.63, 3.8) is 0 Å². The van der Waals surface area contributed by atoms with Crippen LogP contribution in [0.3, 0.4) is 0 Å². The monoisotopic (exact) mass is 406 g/mol. The van der Waals surface area contributed by atoms with Crippen LogP contribution in [0.5, 0.6) is 0 Å². The summed E-state index contributed by atoms with van der Waals surface area (Å²) in [6.07, 6.45) is 5.55. The Balaban J connectivity index is 1.42. The van der Waals surface area contributed by atoms with Crippen LogP contribution < -0.4 is 10.6 Å². The Bertz CT molecular complexity index is 626. The predicted molar refractivity (Wildman–Crippen MR) is 108 cm³/mol. The highest BCUT2D eigenvalue weighted by atomic mass is 16.2. The van der Waals surface area contributed by atoms with E-state index >= 15 is 0 Å². The second-order valence-electron chi connectivity index (χ2n) is 9.33. The molecule has 0 radical (unpaired) electrons. The van der Waals surface area contributed by atoms with E-state index in [1.807, 2.05) is 23.6 Å². The summed E-state index contributed by atoms with van der Waals surface area (Å²) in [4.78, 5) is 51.9. The fraction of sp³-hybridized carbons (Fsp3) is 0.810. The third-order valence-electron chi connectivity index (χ3n) is 6.67. The van der Waals surface area contributed by atoms with Crippen molar-refractivity contribution in [2.75, 3.05) is 26.2 Å². The molecule has 8 heteroatoms. The summed E-state index contributed by atoms with van der Waals surface area (Å²) >= 11 is 0. The van der Waals surface area contributed by atoms with E-state index in [9.17, 15) is 19.2 Å². The second-order valence-corrected chi connectivity index (χ2v) is 9.33. The van der Waals surface area contributed by atoms with E-state index in [1.54, 1.807) is 0 Å². The Labute approximate surface area is 172 Å². The zero-order valence-corrected chi connectivity index (χ0v) is 17.7. The van der Waals surface area contributed by atoms with E-state index in [2.05, 4.69) is 10.6 Å². The van der Waals surface area contributed by atoms with Crippen molar-refractivity contribution in [3.8, 4) is 0 Å². The van der Waals surface area contributed by atoms with Gasteiger partial charge in [0.25, 0.3) is 0 Å². The van der Waals surface area contributed by atoms with Crippen molar-refractivity contribution in [3.05, 3.63) is 0 Å². The van der Waals surface area contributed by atoms with Gasteiger partial charge in [0.15, 0.2) is 0 Å². The van der Waals surface area contributed by atoms with Crippen molar-refractivity contribution in [1.82, 2.24) is 20.4 Å². The molecule has 0 saturated carbocycles. The predicted octanol–water partition coefficient (Wildman–Crippen LogP) is 0.945. The van der Waals surface area contributed by atoms with Crippen LogP contribution in [0.1, 0.15) is 71.6 Å². The number of carbonyl (C=O) groups is 4. The summed E-state index contributed by atoms with van der Waals surface area (Å²) in [7, 11) is 0. The molecule has 29 heavy (non-hydrogen) atoms. The molecular weight excluding hydrogens is 372 g/mol. The van der Waals surface area contributed by atoms with Gasteiger partial charge in [-0.25, -0.2) is 0 Å². The lowest BCUT2D eigenvalue weighted by atomic mass is 9.94. The van der Waals surface area contributed by atoms with Gasteiger partial charge in [0.2, 0.25) is 23.6 Å². The normalized spacial score (nSPS) is 30.1. The lowest BCUT2D eigenvalue weighted by Crippen LogP contribution is -2.42. The van der Waals surface area contributed by atoms with Gasteiger partial charge in [-0.05, 0) is 46.0 Å². The largest absolute Gasteiger partial charge is 0.351 e. The van der Waals surface area contributed by atoms with Crippen LogP contribution in [-0.2, 0) is 19.2 Å². The molecule has 2 N–H and O–H groups in total. The maximum atomic E-state index is 12.7. The number of hydrogen-bond donors (Lipinski definition) is 2. The molecule has 0 spiro atoms. The number of nitrogens with one attached hydrogen (secondary N) is 2. The average Bonchev–Trinajstić information content (AvgIpc) is 3.08. The van der Waals surface area contributed by atoms with Gasteiger partial charge in [-0.2, -0.15) is 0 Å². The van der Waals surface area contributed by atoms with Crippen molar-refractivity contribution in [2.45, 2.75) is 82.7 Å². The van der Waals surface area contributed by atoms with Gasteiger partial charge in [0.1, 0.15) is 0 Å². The van der Waals surface area contributed by atoms with Gasteiger partial charge in [0.05, 0.1) is 0 Å². The first-order valence-electron chi connectivity index (χ1n) is 10.9. The lowest BCUT2D eigenvalue weighted by molar-refractivity contribution is -0.134. The molecule has 2 atom stereocenters. The molecule has 8 nitrogen and oxygen atoms in total. The second kappa shape index (κ2) is 8.71. The van der Waals surface area contributed by atoms with Gasteiger partial charge >= 0.3 is 0 Å². The number of amides is 4. The fourth-order valence-corrected chi connectivity index (χ4v) is 4.58. The van der Waals surface area contributed by atoms with Crippen LogP contribution in [0.2, 0.25) is 0 Å². The van der Waals surface area contributed by atoms with Crippen LogP contribution in [0.4, 0.5) is 0 Å². The van der Waals surface area contributed by atoms with E-state index in [0.29, 0.717) is 64.7 Å². The summed E-state index contributed by atoms with van der Waals surface area (Å²) in [5.41, 5.74) is -0.543. The van der Waals surface area contributed by atoms with E-state index < -0.39 is 0 Å². The molecule has 3 saturated heterocycles. The van der Waals surface area contributed by atoms with E-state index in [1.165, 1.54) is 0 Å². The zero-order valence-electron chi connectivity index (χ0n) is 17.7. The number of carbonyl (C=O) groups excluding carboxylic acids is 4. The van der Waals surface area contributed by atoms with Gasteiger partial charge < -0.3 is 20.4 Å². The van der Waals surface area contributed by atoms with Gasteiger partial charge in [-0.1, -0.05) is 0 Å². The van der Waals surface area contributed by atoms with Crippen LogP contribution in [-0.4, -0.2) is 70.7 Å². The Morgan fingerprint density at radius 1 is 0.793 bits per heavy atom. The molecule has 3 rings (SSSR count). The molecule has 0 bridgehead atoms. The summed E-state index contributed by atoms with van der Waals surface area (Å²) in [6.45, 7) is 6.45. The summed E-state index contributed by atoms with van der Waals surface area (Å²) in [5.74, 6) is 0.329. The van der Waals surface area contributed by atoms with E-state index in [4.69, 9.17) is 0 Å². The van der Waals surface area contributed by atoms with Gasteiger partial charge in [-0.15, -0.1) is 0 Å². The average molecular weight is 407 g/mol. The highest BCUT2D eigenvalue weighted by molar-refractivity contribution is 5.81. The summed E-state index contributed by atoms with van der Waals surface area (Å²) in [5, 5.41) is 5.95. The fourth-order valence-electron chi connectivity index (χ4n) is 4.58. The zero-order chi connectivity index (χ0) is 21.1.